The maximum absolute atomic E-state index is 12.7. The van der Waals surface area contributed by atoms with Crippen molar-refractivity contribution in [1.82, 2.24) is 10.3 Å². The molecule has 3 N–H and O–H groups in total. The van der Waals surface area contributed by atoms with Crippen molar-refractivity contribution in [3.63, 3.8) is 0 Å². The van der Waals surface area contributed by atoms with Gasteiger partial charge in [-0.2, -0.15) is 0 Å². The van der Waals surface area contributed by atoms with E-state index in [2.05, 4.69) is 32.8 Å². The highest BCUT2D eigenvalue weighted by Gasteiger charge is 2.17. The van der Waals surface area contributed by atoms with E-state index in [0.29, 0.717) is 23.5 Å². The lowest BCUT2D eigenvalue weighted by atomic mass is 9.99. The first-order chi connectivity index (χ1) is 14.8. The minimum atomic E-state index is -0.312. The predicted octanol–water partition coefficient (Wildman–Crippen LogP) is 3.16. The number of carbonyl (C=O) groups excluding carboxylic acids is 3. The van der Waals surface area contributed by atoms with Crippen LogP contribution < -0.4 is 20.9 Å². The number of carbonyl (C=O) groups is 3. The average molecular weight is 424 g/mol. The number of anilines is 3. The van der Waals surface area contributed by atoms with Crippen LogP contribution in [-0.2, 0) is 16.1 Å². The normalized spacial score (nSPS) is 14.1. The molecule has 31 heavy (non-hydrogen) atoms. The van der Waals surface area contributed by atoms with Crippen LogP contribution in [0.15, 0.2) is 36.5 Å². The fraction of sp³-hybridized carbons (Fsp3) is 0.391. The zero-order chi connectivity index (χ0) is 22.4. The van der Waals surface area contributed by atoms with Crippen molar-refractivity contribution in [2.45, 2.75) is 40.2 Å². The second-order valence-corrected chi connectivity index (χ2v) is 8.04. The van der Waals surface area contributed by atoms with E-state index in [9.17, 15) is 14.4 Å². The molecule has 1 aromatic heterocycles. The summed E-state index contributed by atoms with van der Waals surface area (Å²) in [5.74, 6) is 0.889. The molecule has 8 heteroatoms. The van der Waals surface area contributed by atoms with Crippen molar-refractivity contribution in [1.29, 1.82) is 0 Å². The van der Waals surface area contributed by atoms with E-state index >= 15 is 0 Å². The molecule has 0 atom stereocenters. The molecule has 0 bridgehead atoms. The monoisotopic (exact) mass is 423 g/mol. The van der Waals surface area contributed by atoms with Gasteiger partial charge in [0.1, 0.15) is 5.82 Å². The molecule has 164 valence electrons. The van der Waals surface area contributed by atoms with Gasteiger partial charge in [0.05, 0.1) is 0 Å². The number of pyridine rings is 1. The van der Waals surface area contributed by atoms with Crippen LogP contribution in [0, 0.1) is 5.92 Å². The lowest BCUT2D eigenvalue weighted by Crippen LogP contribution is -2.33. The average Bonchev–Trinajstić information content (AvgIpc) is 2.72. The second-order valence-electron chi connectivity index (χ2n) is 8.04. The number of nitrogens with zero attached hydrogens (tertiary/aromatic N) is 2. The third kappa shape index (κ3) is 6.53. The maximum Gasteiger partial charge on any atom is 0.251 e. The van der Waals surface area contributed by atoms with Crippen LogP contribution in [0.2, 0.25) is 0 Å². The minimum Gasteiger partial charge on any atom is -0.357 e. The molecule has 2 heterocycles. The standard InChI is InChI=1S/C23H29N5O3/c1-15-6-8-28(9-7-15)22-5-4-18(13-24-22)14-25-23(31)19-10-20(26-16(2)29)12-21(11-19)27-17(3)30/h4-5,10-13,15H,6-9,14H2,1-3H3,(H,25,31)(H,26,29)(H,27,30). The molecule has 1 aliphatic rings. The Hall–Kier alpha value is -3.42. The summed E-state index contributed by atoms with van der Waals surface area (Å²) in [5.41, 5.74) is 2.10. The second kappa shape index (κ2) is 10.1. The van der Waals surface area contributed by atoms with Gasteiger partial charge < -0.3 is 20.9 Å². The first kappa shape index (κ1) is 22.3. The van der Waals surface area contributed by atoms with Gasteiger partial charge in [0, 0.05) is 56.6 Å². The van der Waals surface area contributed by atoms with Crippen molar-refractivity contribution in [2.75, 3.05) is 28.6 Å². The third-order valence-corrected chi connectivity index (χ3v) is 5.21. The van der Waals surface area contributed by atoms with Gasteiger partial charge in [-0.05, 0) is 48.6 Å². The fourth-order valence-corrected chi connectivity index (χ4v) is 3.54. The summed E-state index contributed by atoms with van der Waals surface area (Å²) in [4.78, 5) is 42.3. The van der Waals surface area contributed by atoms with Crippen molar-refractivity contribution < 1.29 is 14.4 Å². The first-order valence-electron chi connectivity index (χ1n) is 10.5. The number of hydrogen-bond acceptors (Lipinski definition) is 5. The molecule has 0 radical (unpaired) electrons. The quantitative estimate of drug-likeness (QED) is 0.662. The largest absolute Gasteiger partial charge is 0.357 e. The van der Waals surface area contributed by atoms with Crippen LogP contribution in [0.5, 0.6) is 0 Å². The van der Waals surface area contributed by atoms with Crippen molar-refractivity contribution >= 4 is 34.9 Å². The molecule has 1 aliphatic heterocycles. The summed E-state index contributed by atoms with van der Waals surface area (Å²) in [5, 5.41) is 8.15. The van der Waals surface area contributed by atoms with Crippen molar-refractivity contribution in [3.8, 4) is 0 Å². The van der Waals surface area contributed by atoms with Crippen LogP contribution in [0.4, 0.5) is 17.2 Å². The summed E-state index contributed by atoms with van der Waals surface area (Å²) in [6, 6.07) is 8.70. The number of amides is 3. The van der Waals surface area contributed by atoms with Gasteiger partial charge in [-0.1, -0.05) is 13.0 Å². The molecular weight excluding hydrogens is 394 g/mol. The summed E-state index contributed by atoms with van der Waals surface area (Å²) < 4.78 is 0. The van der Waals surface area contributed by atoms with Gasteiger partial charge >= 0.3 is 0 Å². The number of rotatable bonds is 6. The van der Waals surface area contributed by atoms with E-state index in [-0.39, 0.29) is 17.7 Å². The molecule has 2 aromatic rings. The molecule has 3 rings (SSSR count). The molecule has 3 amide bonds. The predicted molar refractivity (Wildman–Crippen MR) is 121 cm³/mol. The van der Waals surface area contributed by atoms with Crippen LogP contribution >= 0.6 is 0 Å². The SMILES string of the molecule is CC(=O)Nc1cc(NC(C)=O)cc(C(=O)NCc2ccc(N3CCC(C)CC3)nc2)c1. The Kier molecular flexibility index (Phi) is 7.23. The number of hydrogen-bond donors (Lipinski definition) is 3. The molecular formula is C23H29N5O3. The molecule has 1 saturated heterocycles. The topological polar surface area (TPSA) is 103 Å². The van der Waals surface area contributed by atoms with Crippen molar-refractivity contribution in [3.05, 3.63) is 47.7 Å². The zero-order valence-corrected chi connectivity index (χ0v) is 18.2. The zero-order valence-electron chi connectivity index (χ0n) is 18.2. The van der Waals surface area contributed by atoms with E-state index in [1.807, 2.05) is 12.1 Å². The molecule has 1 aromatic carbocycles. The summed E-state index contributed by atoms with van der Waals surface area (Å²) in [7, 11) is 0. The van der Waals surface area contributed by atoms with Gasteiger partial charge in [0.2, 0.25) is 11.8 Å². The Bertz CT molecular complexity index is 916. The number of piperidine rings is 1. The fourth-order valence-electron chi connectivity index (χ4n) is 3.54. The Labute approximate surface area is 182 Å². The molecule has 0 unspecified atom stereocenters. The maximum atomic E-state index is 12.7. The van der Waals surface area contributed by atoms with Gasteiger partial charge in [0.15, 0.2) is 0 Å². The number of aromatic nitrogens is 1. The highest BCUT2D eigenvalue weighted by atomic mass is 16.2. The summed E-state index contributed by atoms with van der Waals surface area (Å²) in [6.45, 7) is 7.40. The smallest absolute Gasteiger partial charge is 0.251 e. The van der Waals surface area contributed by atoms with Gasteiger partial charge in [-0.15, -0.1) is 0 Å². The highest BCUT2D eigenvalue weighted by molar-refractivity contribution is 5.99. The molecule has 8 nitrogen and oxygen atoms in total. The lowest BCUT2D eigenvalue weighted by molar-refractivity contribution is -0.115. The molecule has 0 spiro atoms. The molecule has 1 fully saturated rings. The Morgan fingerprint density at radius 2 is 1.61 bits per heavy atom. The third-order valence-electron chi connectivity index (χ3n) is 5.21. The van der Waals surface area contributed by atoms with Gasteiger partial charge in [-0.3, -0.25) is 14.4 Å². The Balaban J connectivity index is 1.64. The Morgan fingerprint density at radius 3 is 2.13 bits per heavy atom. The lowest BCUT2D eigenvalue weighted by Gasteiger charge is -2.31. The van der Waals surface area contributed by atoms with E-state index in [1.54, 1.807) is 24.4 Å². The van der Waals surface area contributed by atoms with E-state index in [4.69, 9.17) is 0 Å². The van der Waals surface area contributed by atoms with Crippen LogP contribution in [0.25, 0.3) is 0 Å². The number of nitrogens with one attached hydrogen (secondary N) is 3. The van der Waals surface area contributed by atoms with Crippen molar-refractivity contribution in [2.24, 2.45) is 5.92 Å². The summed E-state index contributed by atoms with van der Waals surface area (Å²) >= 11 is 0. The van der Waals surface area contributed by atoms with Gasteiger partial charge in [-0.25, -0.2) is 4.98 Å². The van der Waals surface area contributed by atoms with E-state index in [0.717, 1.165) is 30.4 Å². The van der Waals surface area contributed by atoms with Crippen LogP contribution in [0.3, 0.4) is 0 Å². The van der Waals surface area contributed by atoms with Crippen LogP contribution in [-0.4, -0.2) is 35.8 Å². The Morgan fingerprint density at radius 1 is 1.00 bits per heavy atom. The highest BCUT2D eigenvalue weighted by Crippen LogP contribution is 2.22. The molecule has 0 saturated carbocycles. The van der Waals surface area contributed by atoms with Gasteiger partial charge in [0.25, 0.3) is 5.91 Å². The first-order valence-corrected chi connectivity index (χ1v) is 10.5. The van der Waals surface area contributed by atoms with Crippen LogP contribution in [0.1, 0.15) is 49.5 Å². The summed E-state index contributed by atoms with van der Waals surface area (Å²) in [6.07, 6.45) is 4.14. The van der Waals surface area contributed by atoms with E-state index < -0.39 is 0 Å². The number of benzene rings is 1. The van der Waals surface area contributed by atoms with E-state index in [1.165, 1.54) is 26.7 Å². The molecule has 0 aliphatic carbocycles. The minimum absolute atomic E-state index is 0.263.